The summed E-state index contributed by atoms with van der Waals surface area (Å²) >= 11 is 0. The van der Waals surface area contributed by atoms with Crippen LogP contribution in [0.2, 0.25) is 0 Å². The fraction of sp³-hybridized carbons (Fsp3) is 0.500. The Hall–Kier alpha value is -0.980. The molecule has 0 aromatic heterocycles. The summed E-state index contributed by atoms with van der Waals surface area (Å²) in [5.41, 5.74) is 2.71. The molecule has 0 saturated heterocycles. The molecule has 0 atom stereocenters. The predicted molar refractivity (Wildman–Crippen MR) is 59.3 cm³/mol. The van der Waals surface area contributed by atoms with E-state index in [2.05, 4.69) is 29.6 Å². The molecule has 1 saturated carbocycles. The lowest BCUT2D eigenvalue weighted by atomic mass is 10.1. The van der Waals surface area contributed by atoms with Crippen molar-refractivity contribution in [3.63, 3.8) is 0 Å². The SMILES string of the molecule is CC.CNc1ccc(C2CC2)cc1. The largest absolute Gasteiger partial charge is 0.388 e. The Balaban J connectivity index is 0.000000396. The molecule has 1 heteroatoms. The maximum atomic E-state index is 3.11. The van der Waals surface area contributed by atoms with E-state index < -0.39 is 0 Å². The van der Waals surface area contributed by atoms with Crippen LogP contribution in [0.15, 0.2) is 24.3 Å². The maximum Gasteiger partial charge on any atom is 0.0337 e. The minimum Gasteiger partial charge on any atom is -0.388 e. The zero-order valence-electron chi connectivity index (χ0n) is 8.80. The lowest BCUT2D eigenvalue weighted by molar-refractivity contribution is 1.13. The van der Waals surface area contributed by atoms with Gasteiger partial charge in [0.15, 0.2) is 0 Å². The highest BCUT2D eigenvalue weighted by Crippen LogP contribution is 2.40. The maximum absolute atomic E-state index is 3.11. The van der Waals surface area contributed by atoms with Gasteiger partial charge in [0, 0.05) is 12.7 Å². The van der Waals surface area contributed by atoms with E-state index in [1.165, 1.54) is 24.1 Å². The van der Waals surface area contributed by atoms with Crippen molar-refractivity contribution in [2.75, 3.05) is 12.4 Å². The third kappa shape index (κ3) is 2.76. The Bertz CT molecular complexity index is 234. The van der Waals surface area contributed by atoms with Gasteiger partial charge in [0.2, 0.25) is 0 Å². The Morgan fingerprint density at radius 3 is 2.00 bits per heavy atom. The average Bonchev–Trinajstić information content (AvgIpc) is 3.05. The molecule has 2 rings (SSSR count). The van der Waals surface area contributed by atoms with E-state index >= 15 is 0 Å². The topological polar surface area (TPSA) is 12.0 Å². The molecule has 0 unspecified atom stereocenters. The van der Waals surface area contributed by atoms with E-state index in [9.17, 15) is 0 Å². The molecule has 1 aliphatic rings. The van der Waals surface area contributed by atoms with Crippen LogP contribution < -0.4 is 5.32 Å². The number of rotatable bonds is 2. The van der Waals surface area contributed by atoms with E-state index in [1.807, 2.05) is 20.9 Å². The predicted octanol–water partition coefficient (Wildman–Crippen LogP) is 3.63. The molecule has 0 radical (unpaired) electrons. The molecule has 1 nitrogen and oxygen atoms in total. The van der Waals surface area contributed by atoms with Crippen molar-refractivity contribution in [3.05, 3.63) is 29.8 Å². The van der Waals surface area contributed by atoms with Crippen LogP contribution in [0.1, 0.15) is 38.2 Å². The van der Waals surface area contributed by atoms with Crippen LogP contribution in [0, 0.1) is 0 Å². The van der Waals surface area contributed by atoms with Crippen molar-refractivity contribution >= 4 is 5.69 Å². The van der Waals surface area contributed by atoms with Gasteiger partial charge in [-0.25, -0.2) is 0 Å². The summed E-state index contributed by atoms with van der Waals surface area (Å²) in [6.45, 7) is 4.00. The molecule has 1 aromatic carbocycles. The van der Waals surface area contributed by atoms with Gasteiger partial charge in [-0.2, -0.15) is 0 Å². The molecule has 0 amide bonds. The highest BCUT2D eigenvalue weighted by atomic mass is 14.8. The van der Waals surface area contributed by atoms with Crippen LogP contribution >= 0.6 is 0 Å². The molecule has 0 heterocycles. The number of hydrogen-bond donors (Lipinski definition) is 1. The first kappa shape index (κ1) is 10.1. The van der Waals surface area contributed by atoms with Crippen molar-refractivity contribution in [1.82, 2.24) is 0 Å². The van der Waals surface area contributed by atoms with Crippen LogP contribution in [0.5, 0.6) is 0 Å². The second-order valence-corrected chi connectivity index (χ2v) is 3.15. The Morgan fingerprint density at radius 2 is 1.62 bits per heavy atom. The molecule has 1 fully saturated rings. The molecule has 1 N–H and O–H groups in total. The first-order chi connectivity index (χ1) is 6.40. The van der Waals surface area contributed by atoms with Gasteiger partial charge in [-0.15, -0.1) is 0 Å². The van der Waals surface area contributed by atoms with Crippen molar-refractivity contribution in [2.45, 2.75) is 32.6 Å². The zero-order chi connectivity index (χ0) is 9.68. The molecule has 1 aliphatic carbocycles. The highest BCUT2D eigenvalue weighted by molar-refractivity contribution is 5.45. The molecular weight excluding hydrogens is 158 g/mol. The number of nitrogens with one attached hydrogen (secondary N) is 1. The van der Waals surface area contributed by atoms with Gasteiger partial charge in [0.1, 0.15) is 0 Å². The fourth-order valence-corrected chi connectivity index (χ4v) is 1.34. The van der Waals surface area contributed by atoms with Crippen molar-refractivity contribution < 1.29 is 0 Å². The smallest absolute Gasteiger partial charge is 0.0337 e. The van der Waals surface area contributed by atoms with E-state index in [4.69, 9.17) is 0 Å². The molecule has 72 valence electrons. The van der Waals surface area contributed by atoms with E-state index in [1.54, 1.807) is 0 Å². The number of benzene rings is 1. The van der Waals surface area contributed by atoms with Crippen LogP contribution in [0.3, 0.4) is 0 Å². The number of anilines is 1. The molecule has 13 heavy (non-hydrogen) atoms. The Morgan fingerprint density at radius 1 is 1.08 bits per heavy atom. The average molecular weight is 177 g/mol. The van der Waals surface area contributed by atoms with Gasteiger partial charge in [-0.3, -0.25) is 0 Å². The first-order valence-corrected chi connectivity index (χ1v) is 5.18. The quantitative estimate of drug-likeness (QED) is 0.727. The molecular formula is C12H19N. The van der Waals surface area contributed by atoms with E-state index in [-0.39, 0.29) is 0 Å². The molecule has 0 bridgehead atoms. The monoisotopic (exact) mass is 177 g/mol. The van der Waals surface area contributed by atoms with Gasteiger partial charge in [0.05, 0.1) is 0 Å². The molecule has 1 aromatic rings. The summed E-state index contributed by atoms with van der Waals surface area (Å²) in [7, 11) is 1.95. The first-order valence-electron chi connectivity index (χ1n) is 5.18. The van der Waals surface area contributed by atoms with Gasteiger partial charge in [0.25, 0.3) is 0 Å². The van der Waals surface area contributed by atoms with E-state index in [0.29, 0.717) is 0 Å². The lowest BCUT2D eigenvalue weighted by Gasteiger charge is -2.00. The van der Waals surface area contributed by atoms with Gasteiger partial charge in [-0.1, -0.05) is 26.0 Å². The second kappa shape index (κ2) is 4.90. The van der Waals surface area contributed by atoms with Gasteiger partial charge >= 0.3 is 0 Å². The van der Waals surface area contributed by atoms with Crippen molar-refractivity contribution in [3.8, 4) is 0 Å². The van der Waals surface area contributed by atoms with E-state index in [0.717, 1.165) is 5.92 Å². The molecule has 0 spiro atoms. The summed E-state index contributed by atoms with van der Waals surface area (Å²) in [4.78, 5) is 0. The standard InChI is InChI=1S/C10H13N.C2H6/c1-11-10-6-4-9(5-7-10)8-2-3-8;1-2/h4-8,11H,2-3H2,1H3;1-2H3. The lowest BCUT2D eigenvalue weighted by Crippen LogP contribution is -1.87. The summed E-state index contributed by atoms with van der Waals surface area (Å²) in [5.74, 6) is 0.876. The van der Waals surface area contributed by atoms with Crippen LogP contribution in [0.25, 0.3) is 0 Å². The third-order valence-electron chi connectivity index (χ3n) is 2.25. The minimum atomic E-state index is 0.876. The summed E-state index contributed by atoms with van der Waals surface area (Å²) in [6, 6.07) is 8.74. The summed E-state index contributed by atoms with van der Waals surface area (Å²) < 4.78 is 0. The van der Waals surface area contributed by atoms with Crippen molar-refractivity contribution in [2.24, 2.45) is 0 Å². The van der Waals surface area contributed by atoms with Crippen LogP contribution in [-0.2, 0) is 0 Å². The van der Waals surface area contributed by atoms with Crippen LogP contribution in [0.4, 0.5) is 5.69 Å². The van der Waals surface area contributed by atoms with Crippen LogP contribution in [-0.4, -0.2) is 7.05 Å². The van der Waals surface area contributed by atoms with Gasteiger partial charge < -0.3 is 5.32 Å². The Kier molecular flexibility index (Phi) is 3.81. The normalized spacial score (nSPS) is 14.4. The molecule has 0 aliphatic heterocycles. The summed E-state index contributed by atoms with van der Waals surface area (Å²) in [5, 5.41) is 3.11. The second-order valence-electron chi connectivity index (χ2n) is 3.15. The van der Waals surface area contributed by atoms with Crippen molar-refractivity contribution in [1.29, 1.82) is 0 Å². The number of hydrogen-bond acceptors (Lipinski definition) is 1. The highest BCUT2D eigenvalue weighted by Gasteiger charge is 2.22. The fourth-order valence-electron chi connectivity index (χ4n) is 1.34. The van der Waals surface area contributed by atoms with Gasteiger partial charge in [-0.05, 0) is 36.5 Å². The minimum absolute atomic E-state index is 0.876. The Labute approximate surface area is 81.2 Å². The third-order valence-corrected chi connectivity index (χ3v) is 2.25. The zero-order valence-corrected chi connectivity index (χ0v) is 8.80. The summed E-state index contributed by atoms with van der Waals surface area (Å²) in [6.07, 6.45) is 2.78.